The van der Waals surface area contributed by atoms with Gasteiger partial charge in [-0.3, -0.25) is 5.41 Å². The predicted octanol–water partition coefficient (Wildman–Crippen LogP) is 1.08. The van der Waals surface area contributed by atoms with E-state index in [1.54, 1.807) is 0 Å². The summed E-state index contributed by atoms with van der Waals surface area (Å²) in [5.41, 5.74) is 5.97. The molecule has 0 spiro atoms. The topological polar surface area (TPSA) is 49.9 Å². The van der Waals surface area contributed by atoms with Gasteiger partial charge in [0.05, 0.1) is 0 Å². The van der Waals surface area contributed by atoms with Crippen LogP contribution in [0.25, 0.3) is 0 Å². The summed E-state index contributed by atoms with van der Waals surface area (Å²) in [6, 6.07) is 9.23. The van der Waals surface area contributed by atoms with Crippen LogP contribution in [0.15, 0.2) is 30.3 Å². The molecule has 0 heterocycles. The van der Waals surface area contributed by atoms with E-state index in [9.17, 15) is 0 Å². The summed E-state index contributed by atoms with van der Waals surface area (Å²) in [5.74, 6) is 0.121. The lowest BCUT2D eigenvalue weighted by atomic mass is 10.2. The number of nitrogen functional groups attached to an aromatic ring is 1. The Kier molecular flexibility index (Phi) is 3.57. The molecule has 0 aliphatic carbocycles. The molecule has 0 atom stereocenters. The second-order valence-electron chi connectivity index (χ2n) is 1.78. The summed E-state index contributed by atoms with van der Waals surface area (Å²) in [4.78, 5) is 0. The molecule has 3 heteroatoms. The largest absolute Gasteiger partial charge is 0.384 e. The molecule has 1 rings (SSSR count). The average molecular weight is 154 g/mol. The van der Waals surface area contributed by atoms with Crippen LogP contribution < -0.4 is 5.73 Å². The molecule has 0 amide bonds. The van der Waals surface area contributed by atoms with Crippen LogP contribution in [0.1, 0.15) is 5.56 Å². The fraction of sp³-hybridized carbons (Fsp3) is 0. The number of rotatable bonds is 1. The van der Waals surface area contributed by atoms with E-state index in [0.717, 1.165) is 5.56 Å². The Morgan fingerprint density at radius 1 is 1.20 bits per heavy atom. The van der Waals surface area contributed by atoms with Crippen LogP contribution in [-0.2, 0) is 0 Å². The number of nitrogens with two attached hydrogens (primary N) is 1. The molecule has 1 aromatic rings. The third-order valence-corrected chi connectivity index (χ3v) is 1.08. The van der Waals surface area contributed by atoms with Crippen molar-refractivity contribution in [2.45, 2.75) is 0 Å². The molecule has 1 aromatic carbocycles. The van der Waals surface area contributed by atoms with Crippen molar-refractivity contribution in [3.63, 3.8) is 0 Å². The first-order valence-corrected chi connectivity index (χ1v) is 2.70. The molecule has 0 saturated heterocycles. The first-order valence-electron chi connectivity index (χ1n) is 2.70. The van der Waals surface area contributed by atoms with Gasteiger partial charge in [-0.1, -0.05) is 30.3 Å². The van der Waals surface area contributed by atoms with Gasteiger partial charge in [-0.05, 0) is 0 Å². The summed E-state index contributed by atoms with van der Waals surface area (Å²) < 4.78 is 0. The van der Waals surface area contributed by atoms with E-state index in [0.29, 0.717) is 0 Å². The van der Waals surface area contributed by atoms with E-state index in [1.165, 1.54) is 0 Å². The third-order valence-electron chi connectivity index (χ3n) is 1.08. The molecular formula is C7H10N2S. The number of nitrogens with one attached hydrogen (secondary N) is 1. The second-order valence-corrected chi connectivity index (χ2v) is 1.78. The van der Waals surface area contributed by atoms with Gasteiger partial charge in [-0.25, -0.2) is 0 Å². The minimum atomic E-state index is 0. The maximum Gasteiger partial charge on any atom is 0.122 e. The van der Waals surface area contributed by atoms with Crippen molar-refractivity contribution in [3.8, 4) is 0 Å². The van der Waals surface area contributed by atoms with Crippen LogP contribution in [0.5, 0.6) is 0 Å². The molecule has 54 valence electrons. The van der Waals surface area contributed by atoms with Crippen molar-refractivity contribution in [3.05, 3.63) is 35.9 Å². The van der Waals surface area contributed by atoms with Crippen LogP contribution >= 0.6 is 13.5 Å². The Labute approximate surface area is 67.0 Å². The fourth-order valence-corrected chi connectivity index (χ4v) is 0.618. The quantitative estimate of drug-likeness (QED) is 0.461. The molecule has 0 aliphatic heterocycles. The molecule has 2 nitrogen and oxygen atoms in total. The molecule has 0 saturated carbocycles. The Morgan fingerprint density at radius 3 is 2.00 bits per heavy atom. The van der Waals surface area contributed by atoms with E-state index in [1.807, 2.05) is 30.3 Å². The van der Waals surface area contributed by atoms with Crippen molar-refractivity contribution in [2.75, 3.05) is 0 Å². The molecular weight excluding hydrogens is 144 g/mol. The smallest absolute Gasteiger partial charge is 0.122 e. The summed E-state index contributed by atoms with van der Waals surface area (Å²) in [6.07, 6.45) is 0. The highest BCUT2D eigenvalue weighted by molar-refractivity contribution is 7.59. The van der Waals surface area contributed by atoms with Crippen LogP contribution in [0.2, 0.25) is 0 Å². The Morgan fingerprint density at radius 2 is 1.70 bits per heavy atom. The highest BCUT2D eigenvalue weighted by atomic mass is 32.1. The first-order chi connectivity index (χ1) is 4.30. The minimum absolute atomic E-state index is 0. The van der Waals surface area contributed by atoms with E-state index in [-0.39, 0.29) is 19.3 Å². The molecule has 0 aromatic heterocycles. The zero-order chi connectivity index (χ0) is 6.69. The average Bonchev–Trinajstić information content (AvgIpc) is 1.90. The normalized spacial score (nSPS) is 8.00. The minimum Gasteiger partial charge on any atom is -0.384 e. The van der Waals surface area contributed by atoms with E-state index in [2.05, 4.69) is 0 Å². The highest BCUT2D eigenvalue weighted by Crippen LogP contribution is 1.94. The highest BCUT2D eigenvalue weighted by Gasteiger charge is 1.89. The predicted molar refractivity (Wildman–Crippen MR) is 47.8 cm³/mol. The van der Waals surface area contributed by atoms with Crippen LogP contribution in [0.4, 0.5) is 0 Å². The summed E-state index contributed by atoms with van der Waals surface area (Å²) in [5, 5.41) is 7.01. The summed E-state index contributed by atoms with van der Waals surface area (Å²) in [6.45, 7) is 0. The van der Waals surface area contributed by atoms with Gasteiger partial charge in [0.25, 0.3) is 0 Å². The van der Waals surface area contributed by atoms with Gasteiger partial charge < -0.3 is 5.73 Å². The van der Waals surface area contributed by atoms with Crippen molar-refractivity contribution in [1.29, 1.82) is 5.41 Å². The summed E-state index contributed by atoms with van der Waals surface area (Å²) >= 11 is 0. The maximum absolute atomic E-state index is 7.01. The zero-order valence-electron chi connectivity index (χ0n) is 5.46. The van der Waals surface area contributed by atoms with Crippen molar-refractivity contribution >= 4 is 19.3 Å². The van der Waals surface area contributed by atoms with Gasteiger partial charge in [0, 0.05) is 5.56 Å². The molecule has 0 aliphatic rings. The molecule has 10 heavy (non-hydrogen) atoms. The lowest BCUT2D eigenvalue weighted by Gasteiger charge is -1.93. The fourth-order valence-electron chi connectivity index (χ4n) is 0.618. The monoisotopic (exact) mass is 154 g/mol. The SMILES string of the molecule is N=C(N)c1ccccc1.S. The number of amidine groups is 1. The lowest BCUT2D eigenvalue weighted by Crippen LogP contribution is -2.10. The van der Waals surface area contributed by atoms with Crippen molar-refractivity contribution in [2.24, 2.45) is 5.73 Å². The van der Waals surface area contributed by atoms with Crippen LogP contribution in [-0.4, -0.2) is 5.84 Å². The Balaban J connectivity index is 0.000000810. The van der Waals surface area contributed by atoms with Gasteiger partial charge in [0.2, 0.25) is 0 Å². The van der Waals surface area contributed by atoms with Gasteiger partial charge in [-0.15, -0.1) is 0 Å². The summed E-state index contributed by atoms with van der Waals surface area (Å²) in [7, 11) is 0. The maximum atomic E-state index is 7.01. The number of hydrogen-bond acceptors (Lipinski definition) is 1. The van der Waals surface area contributed by atoms with Gasteiger partial charge in [0.1, 0.15) is 5.84 Å². The van der Waals surface area contributed by atoms with Crippen LogP contribution in [0.3, 0.4) is 0 Å². The molecule has 0 radical (unpaired) electrons. The number of hydrogen-bond donors (Lipinski definition) is 2. The second kappa shape index (κ2) is 3.95. The van der Waals surface area contributed by atoms with Crippen molar-refractivity contribution in [1.82, 2.24) is 0 Å². The Hall–Kier alpha value is -0.960. The third kappa shape index (κ3) is 2.11. The van der Waals surface area contributed by atoms with Gasteiger partial charge in [0.15, 0.2) is 0 Å². The lowest BCUT2D eigenvalue weighted by molar-refractivity contribution is 1.42. The van der Waals surface area contributed by atoms with E-state index in [4.69, 9.17) is 11.1 Å². The molecule has 3 N–H and O–H groups in total. The number of benzene rings is 1. The standard InChI is InChI=1S/C7H8N2.H2S/c8-7(9)6-4-2-1-3-5-6;/h1-5H,(H3,8,9);1H2. The Bertz CT molecular complexity index is 208. The van der Waals surface area contributed by atoms with Crippen molar-refractivity contribution < 1.29 is 0 Å². The van der Waals surface area contributed by atoms with Crippen LogP contribution in [0, 0.1) is 5.41 Å². The molecule has 0 bridgehead atoms. The molecule has 0 fully saturated rings. The van der Waals surface area contributed by atoms with Gasteiger partial charge >= 0.3 is 0 Å². The molecule has 0 unspecified atom stereocenters. The van der Waals surface area contributed by atoms with E-state index >= 15 is 0 Å². The first kappa shape index (κ1) is 9.04. The zero-order valence-corrected chi connectivity index (χ0v) is 6.46. The van der Waals surface area contributed by atoms with E-state index < -0.39 is 0 Å². The van der Waals surface area contributed by atoms with Gasteiger partial charge in [-0.2, -0.15) is 13.5 Å².